The van der Waals surface area contributed by atoms with Gasteiger partial charge < -0.3 is 25.2 Å². The van der Waals surface area contributed by atoms with Crippen molar-refractivity contribution in [1.29, 1.82) is 0 Å². The molecule has 3 N–H and O–H groups in total. The lowest BCUT2D eigenvalue weighted by Crippen LogP contribution is -2.74. The topological polar surface area (TPSA) is 99.1 Å². The second kappa shape index (κ2) is 5.14. The van der Waals surface area contributed by atoms with Crippen molar-refractivity contribution in [3.8, 4) is 0 Å². The van der Waals surface area contributed by atoms with Gasteiger partial charge in [0.25, 0.3) is 0 Å². The summed E-state index contributed by atoms with van der Waals surface area (Å²) in [5.74, 6) is -0.990. The van der Waals surface area contributed by atoms with Crippen LogP contribution in [0.15, 0.2) is 0 Å². The van der Waals surface area contributed by atoms with Gasteiger partial charge in [0.2, 0.25) is 0 Å². The molecule has 7 nitrogen and oxygen atoms in total. The van der Waals surface area contributed by atoms with Gasteiger partial charge in [-0.3, -0.25) is 4.79 Å². The van der Waals surface area contributed by atoms with Gasteiger partial charge in [0.05, 0.1) is 13.1 Å². The number of piperidine rings is 1. The summed E-state index contributed by atoms with van der Waals surface area (Å²) in [7, 11) is 0. The number of likely N-dealkylation sites (tertiary alicyclic amines) is 1. The lowest BCUT2D eigenvalue weighted by atomic mass is 9.62. The molecule has 2 fully saturated rings. The molecule has 0 radical (unpaired) electrons. The summed E-state index contributed by atoms with van der Waals surface area (Å²) in [5.41, 5.74) is -3.17. The Morgan fingerprint density at radius 3 is 2.14 bits per heavy atom. The van der Waals surface area contributed by atoms with Crippen LogP contribution in [0.3, 0.4) is 0 Å². The van der Waals surface area contributed by atoms with Crippen LogP contribution in [0.25, 0.3) is 0 Å². The number of nitrogens with zero attached hydrogens (tertiary/aromatic N) is 1. The quantitative estimate of drug-likeness (QED) is 0.683. The van der Waals surface area contributed by atoms with E-state index < -0.39 is 28.7 Å². The Balaban J connectivity index is 2.05. The van der Waals surface area contributed by atoms with E-state index in [2.05, 4.69) is 5.32 Å². The first-order valence-corrected chi connectivity index (χ1v) is 7.24. The van der Waals surface area contributed by atoms with Crippen LogP contribution in [-0.2, 0) is 9.53 Å². The van der Waals surface area contributed by atoms with Crippen molar-refractivity contribution in [3.05, 3.63) is 0 Å². The fourth-order valence-electron chi connectivity index (χ4n) is 3.08. The van der Waals surface area contributed by atoms with E-state index in [1.807, 2.05) is 0 Å². The van der Waals surface area contributed by atoms with Crippen LogP contribution in [0.1, 0.15) is 33.6 Å². The first-order valence-electron chi connectivity index (χ1n) is 7.24. The molecule has 120 valence electrons. The molecule has 1 amide bonds. The highest BCUT2D eigenvalue weighted by Crippen LogP contribution is 2.45. The van der Waals surface area contributed by atoms with Gasteiger partial charge in [-0.15, -0.1) is 0 Å². The van der Waals surface area contributed by atoms with Gasteiger partial charge in [-0.1, -0.05) is 0 Å². The third kappa shape index (κ3) is 2.85. The van der Waals surface area contributed by atoms with Crippen LogP contribution in [-0.4, -0.2) is 64.6 Å². The Hall–Kier alpha value is -1.34. The van der Waals surface area contributed by atoms with Crippen molar-refractivity contribution in [2.24, 2.45) is 5.41 Å². The maximum atomic E-state index is 11.9. The minimum absolute atomic E-state index is 0.00815. The Bertz CT molecular complexity index is 431. The van der Waals surface area contributed by atoms with E-state index >= 15 is 0 Å². The molecule has 0 aliphatic carbocycles. The summed E-state index contributed by atoms with van der Waals surface area (Å²) >= 11 is 0. The predicted octanol–water partition coefficient (Wildman–Crippen LogP) is 0.423. The van der Waals surface area contributed by atoms with E-state index in [1.165, 1.54) is 4.90 Å². The molecule has 0 aromatic carbocycles. The van der Waals surface area contributed by atoms with Gasteiger partial charge in [-0.05, 0) is 46.7 Å². The number of aliphatic hydroxyl groups is 1. The number of rotatable bonds is 2. The summed E-state index contributed by atoms with van der Waals surface area (Å²) in [6.07, 6.45) is 0.212. The van der Waals surface area contributed by atoms with E-state index in [9.17, 15) is 19.8 Å². The Labute approximate surface area is 124 Å². The lowest BCUT2D eigenvalue weighted by molar-refractivity contribution is -0.203. The highest BCUT2D eigenvalue weighted by Gasteiger charge is 2.63. The second-order valence-electron chi connectivity index (χ2n) is 7.01. The number of aliphatic carboxylic acids is 1. The van der Waals surface area contributed by atoms with Crippen LogP contribution in [0.2, 0.25) is 0 Å². The normalized spacial score (nSPS) is 24.1. The van der Waals surface area contributed by atoms with Gasteiger partial charge in [0, 0.05) is 0 Å². The van der Waals surface area contributed by atoms with Gasteiger partial charge in [-0.2, -0.15) is 0 Å². The predicted molar refractivity (Wildman–Crippen MR) is 74.9 cm³/mol. The fraction of sp³-hybridized carbons (Fsp3) is 0.857. The molecule has 2 aliphatic rings. The molecule has 2 rings (SSSR count). The van der Waals surface area contributed by atoms with E-state index in [0.717, 1.165) is 0 Å². The van der Waals surface area contributed by atoms with E-state index in [1.54, 1.807) is 20.8 Å². The van der Waals surface area contributed by atoms with Crippen LogP contribution in [0.4, 0.5) is 4.79 Å². The summed E-state index contributed by atoms with van der Waals surface area (Å²) in [6, 6.07) is 0. The first-order chi connectivity index (χ1) is 9.60. The zero-order valence-electron chi connectivity index (χ0n) is 12.8. The maximum absolute atomic E-state index is 11.9. The molecular formula is C14H24N2O5. The number of carbonyl (C=O) groups is 2. The van der Waals surface area contributed by atoms with Gasteiger partial charge in [0.1, 0.15) is 16.6 Å². The number of nitrogens with one attached hydrogen (secondary N) is 1. The number of carboxylic acid groups (broad SMARTS) is 1. The number of ether oxygens (including phenoxy) is 1. The Kier molecular flexibility index (Phi) is 3.92. The van der Waals surface area contributed by atoms with Crippen molar-refractivity contribution < 1.29 is 24.5 Å². The van der Waals surface area contributed by atoms with Crippen LogP contribution >= 0.6 is 0 Å². The van der Waals surface area contributed by atoms with Crippen LogP contribution in [0, 0.1) is 5.41 Å². The van der Waals surface area contributed by atoms with Crippen LogP contribution < -0.4 is 5.32 Å². The van der Waals surface area contributed by atoms with Crippen LogP contribution in [0.5, 0.6) is 0 Å². The highest BCUT2D eigenvalue weighted by atomic mass is 16.6. The Morgan fingerprint density at radius 1 is 1.19 bits per heavy atom. The molecule has 0 bridgehead atoms. The molecule has 0 unspecified atom stereocenters. The third-order valence-electron chi connectivity index (χ3n) is 4.31. The molecule has 0 aromatic rings. The van der Waals surface area contributed by atoms with Crippen molar-refractivity contribution >= 4 is 12.1 Å². The molecule has 2 aliphatic heterocycles. The number of hydrogen-bond donors (Lipinski definition) is 3. The van der Waals surface area contributed by atoms with Gasteiger partial charge in [0.15, 0.2) is 0 Å². The second-order valence-corrected chi connectivity index (χ2v) is 7.01. The maximum Gasteiger partial charge on any atom is 0.410 e. The van der Waals surface area contributed by atoms with E-state index in [-0.39, 0.29) is 13.1 Å². The molecule has 0 aromatic heterocycles. The smallest absolute Gasteiger partial charge is 0.410 e. The summed E-state index contributed by atoms with van der Waals surface area (Å²) in [4.78, 5) is 25.0. The average Bonchev–Trinajstić information content (AvgIpc) is 2.33. The standard InChI is InChI=1S/C14H24N2O5/c1-12(2,3)21-11(19)16-8-14(20,9-16)13(10(17)18)4-6-15-7-5-13/h15,20H,4-9H2,1-3H3,(H,17,18). The summed E-state index contributed by atoms with van der Waals surface area (Å²) in [5, 5.41) is 23.4. The first kappa shape index (κ1) is 16.0. The van der Waals surface area contributed by atoms with Crippen molar-refractivity contribution in [2.75, 3.05) is 26.2 Å². The Morgan fingerprint density at radius 2 is 1.71 bits per heavy atom. The number of β-amino-alcohol motifs (C(OH)–C–C–N with tert-alkyl or cyclic N) is 1. The van der Waals surface area contributed by atoms with Crippen molar-refractivity contribution in [1.82, 2.24) is 10.2 Å². The molecule has 2 heterocycles. The number of amides is 1. The number of carbonyl (C=O) groups excluding carboxylic acids is 1. The molecular weight excluding hydrogens is 276 g/mol. The fourth-order valence-corrected chi connectivity index (χ4v) is 3.08. The minimum atomic E-state index is -1.38. The average molecular weight is 300 g/mol. The van der Waals surface area contributed by atoms with Gasteiger partial charge >= 0.3 is 12.1 Å². The zero-order valence-corrected chi connectivity index (χ0v) is 12.8. The van der Waals surface area contributed by atoms with Crippen molar-refractivity contribution in [3.63, 3.8) is 0 Å². The zero-order chi connectivity index (χ0) is 15.9. The monoisotopic (exact) mass is 300 g/mol. The number of hydrogen-bond acceptors (Lipinski definition) is 5. The largest absolute Gasteiger partial charge is 0.481 e. The molecule has 0 saturated carbocycles. The van der Waals surface area contributed by atoms with E-state index in [0.29, 0.717) is 25.9 Å². The minimum Gasteiger partial charge on any atom is -0.481 e. The lowest BCUT2D eigenvalue weighted by Gasteiger charge is -2.55. The van der Waals surface area contributed by atoms with Crippen molar-refractivity contribution in [2.45, 2.75) is 44.8 Å². The summed E-state index contributed by atoms with van der Waals surface area (Å²) < 4.78 is 5.23. The number of carboxylic acids is 1. The van der Waals surface area contributed by atoms with Gasteiger partial charge in [-0.25, -0.2) is 4.79 Å². The van der Waals surface area contributed by atoms with E-state index in [4.69, 9.17) is 4.74 Å². The highest BCUT2D eigenvalue weighted by molar-refractivity contribution is 5.78. The SMILES string of the molecule is CC(C)(C)OC(=O)N1CC(O)(C2(C(=O)O)CCNCC2)C1. The molecule has 0 spiro atoms. The molecule has 2 saturated heterocycles. The third-order valence-corrected chi connectivity index (χ3v) is 4.31. The molecule has 21 heavy (non-hydrogen) atoms. The summed E-state index contributed by atoms with van der Waals surface area (Å²) in [6.45, 7) is 6.43. The molecule has 0 atom stereocenters. The molecule has 7 heteroatoms.